The Balaban J connectivity index is 1.44. The van der Waals surface area contributed by atoms with Crippen molar-refractivity contribution in [3.63, 3.8) is 0 Å². The van der Waals surface area contributed by atoms with E-state index in [4.69, 9.17) is 14.2 Å². The zero-order valence-electron chi connectivity index (χ0n) is 21.9. The van der Waals surface area contributed by atoms with Crippen LogP contribution in [0.5, 0.6) is 5.75 Å². The Hall–Kier alpha value is -4.66. The Bertz CT molecular complexity index is 1360. The third-order valence-corrected chi connectivity index (χ3v) is 7.90. The maximum atomic E-state index is 13.3. The van der Waals surface area contributed by atoms with E-state index in [1.165, 1.54) is 29.2 Å². The van der Waals surface area contributed by atoms with Crippen LogP contribution in [-0.2, 0) is 35.3 Å². The number of nitro benzene ring substituents is 1. The molecule has 0 aromatic heterocycles. The fourth-order valence-electron chi connectivity index (χ4n) is 4.35. The van der Waals surface area contributed by atoms with Crippen molar-refractivity contribution in [2.45, 2.75) is 42.7 Å². The van der Waals surface area contributed by atoms with Crippen molar-refractivity contribution in [1.29, 1.82) is 0 Å². The van der Waals surface area contributed by atoms with E-state index in [9.17, 15) is 34.1 Å². The van der Waals surface area contributed by atoms with E-state index in [1.807, 2.05) is 5.32 Å². The van der Waals surface area contributed by atoms with Crippen LogP contribution in [0.3, 0.4) is 0 Å². The van der Waals surface area contributed by atoms with Crippen LogP contribution in [0.2, 0.25) is 0 Å². The second kappa shape index (κ2) is 12.2. The lowest BCUT2D eigenvalue weighted by Gasteiger charge is -2.43. The topological polar surface area (TPSA) is 183 Å². The molecule has 15 heteroatoms. The Labute approximate surface area is 237 Å². The summed E-state index contributed by atoms with van der Waals surface area (Å²) >= 11 is 1.14. The Morgan fingerprint density at radius 1 is 1.07 bits per heavy atom. The lowest BCUT2D eigenvalue weighted by Crippen LogP contribution is -2.71. The van der Waals surface area contributed by atoms with E-state index < -0.39 is 56.9 Å². The molecule has 4 amide bonds. The van der Waals surface area contributed by atoms with Gasteiger partial charge < -0.3 is 24.4 Å². The minimum atomic E-state index is -1.21. The number of amides is 4. The summed E-state index contributed by atoms with van der Waals surface area (Å²) < 4.78 is 14.8. The van der Waals surface area contributed by atoms with Gasteiger partial charge in [0.25, 0.3) is 11.6 Å². The number of non-ortho nitro benzene ring substituents is 1. The molecule has 0 bridgehead atoms. The van der Waals surface area contributed by atoms with E-state index in [-0.39, 0.29) is 25.5 Å². The highest BCUT2D eigenvalue weighted by Crippen LogP contribution is 2.51. The number of nitro groups is 1. The van der Waals surface area contributed by atoms with E-state index in [2.05, 4.69) is 5.32 Å². The first kappa shape index (κ1) is 29.3. The predicted molar refractivity (Wildman–Crippen MR) is 142 cm³/mol. The average Bonchev–Trinajstić information content (AvgIpc) is 3.22. The third-order valence-electron chi connectivity index (χ3n) is 6.28. The largest absolute Gasteiger partial charge is 0.484 e. The van der Waals surface area contributed by atoms with Crippen LogP contribution in [0.4, 0.5) is 10.5 Å². The highest BCUT2D eigenvalue weighted by atomic mass is 32.2. The van der Waals surface area contributed by atoms with Crippen molar-refractivity contribution in [2.75, 3.05) is 13.2 Å². The van der Waals surface area contributed by atoms with Gasteiger partial charge in [-0.15, -0.1) is 11.8 Å². The SMILES string of the molecule is CC(=O)NC(=O)OC[C@]1(C)SC2[C@H](NC(=O)COc3ccccc3)C(=O)N2[C@H]1C(=O)OCc1ccc([N+](=O)[O-])cc1. The summed E-state index contributed by atoms with van der Waals surface area (Å²) in [5.74, 6) is -2.05. The molecule has 4 atom stereocenters. The van der Waals surface area contributed by atoms with Crippen LogP contribution < -0.4 is 15.4 Å². The van der Waals surface area contributed by atoms with Gasteiger partial charge in [0.15, 0.2) is 6.61 Å². The van der Waals surface area contributed by atoms with Crippen molar-refractivity contribution < 1.29 is 43.1 Å². The molecule has 14 nitrogen and oxygen atoms in total. The van der Waals surface area contributed by atoms with Gasteiger partial charge in [-0.05, 0) is 36.8 Å². The standard InChI is InChI=1S/C26H26N4O10S/c1-15(31)27-25(35)40-14-26(2)21(24(34)39-12-16-8-10-17(11-9-16)30(36)37)29-22(33)20(23(29)41-26)28-19(32)13-38-18-6-4-3-5-7-18/h3-11,20-21,23H,12-14H2,1-2H3,(H,28,32)(H,27,31,35)/t20-,21+,23?,26+/m1/s1. The summed E-state index contributed by atoms with van der Waals surface area (Å²) in [6.07, 6.45) is -1.03. The van der Waals surface area contributed by atoms with E-state index >= 15 is 0 Å². The second-order valence-electron chi connectivity index (χ2n) is 9.40. The number of rotatable bonds is 10. The Morgan fingerprint density at radius 3 is 2.39 bits per heavy atom. The minimum Gasteiger partial charge on any atom is -0.484 e. The number of nitrogens with zero attached hydrogens (tertiary/aromatic N) is 2. The molecular weight excluding hydrogens is 560 g/mol. The summed E-state index contributed by atoms with van der Waals surface area (Å²) in [5.41, 5.74) is 0.348. The molecule has 2 aromatic rings. The average molecular weight is 587 g/mol. The first-order chi connectivity index (χ1) is 19.5. The van der Waals surface area contributed by atoms with Crippen LogP contribution in [0.25, 0.3) is 0 Å². The number of carbonyl (C=O) groups is 5. The van der Waals surface area contributed by atoms with Crippen molar-refractivity contribution in [3.8, 4) is 5.75 Å². The molecule has 41 heavy (non-hydrogen) atoms. The van der Waals surface area contributed by atoms with Crippen LogP contribution in [0.1, 0.15) is 19.4 Å². The second-order valence-corrected chi connectivity index (χ2v) is 11.1. The van der Waals surface area contributed by atoms with Crippen LogP contribution >= 0.6 is 11.8 Å². The minimum absolute atomic E-state index is 0.128. The summed E-state index contributed by atoms with van der Waals surface area (Å²) in [6.45, 7) is 1.79. The molecule has 0 radical (unpaired) electrons. The van der Waals surface area contributed by atoms with E-state index in [0.717, 1.165) is 18.7 Å². The molecule has 2 fully saturated rings. The zero-order valence-corrected chi connectivity index (χ0v) is 22.8. The molecule has 2 saturated heterocycles. The summed E-state index contributed by atoms with van der Waals surface area (Å²) in [7, 11) is 0. The fraction of sp³-hybridized carbons (Fsp3) is 0.346. The Morgan fingerprint density at radius 2 is 1.76 bits per heavy atom. The zero-order chi connectivity index (χ0) is 29.7. The van der Waals surface area contributed by atoms with Crippen LogP contribution in [-0.4, -0.2) is 75.0 Å². The van der Waals surface area contributed by atoms with Crippen molar-refractivity contribution in [2.24, 2.45) is 0 Å². The number of esters is 1. The molecule has 216 valence electrons. The van der Waals surface area contributed by atoms with E-state index in [1.54, 1.807) is 37.3 Å². The number of carbonyl (C=O) groups excluding carboxylic acids is 5. The van der Waals surface area contributed by atoms with Crippen molar-refractivity contribution in [1.82, 2.24) is 15.5 Å². The molecule has 2 aromatic carbocycles. The number of hydrogen-bond acceptors (Lipinski definition) is 11. The monoisotopic (exact) mass is 586 g/mol. The molecule has 2 N–H and O–H groups in total. The van der Waals surface area contributed by atoms with Gasteiger partial charge in [-0.1, -0.05) is 18.2 Å². The first-order valence-corrected chi connectivity index (χ1v) is 13.2. The molecule has 2 aliphatic rings. The quantitative estimate of drug-likeness (QED) is 0.178. The molecule has 0 aliphatic carbocycles. The molecule has 2 aliphatic heterocycles. The number of para-hydroxylation sites is 1. The number of alkyl carbamates (subject to hydrolysis) is 1. The predicted octanol–water partition coefficient (Wildman–Crippen LogP) is 1.52. The Kier molecular flexibility index (Phi) is 8.76. The summed E-state index contributed by atoms with van der Waals surface area (Å²) in [4.78, 5) is 73.7. The summed E-state index contributed by atoms with van der Waals surface area (Å²) in [6, 6.07) is 11.9. The number of imide groups is 1. The van der Waals surface area contributed by atoms with E-state index in [0.29, 0.717) is 11.3 Å². The summed E-state index contributed by atoms with van der Waals surface area (Å²) in [5, 5.41) is 14.8. The number of benzene rings is 2. The maximum Gasteiger partial charge on any atom is 0.413 e. The molecule has 2 heterocycles. The van der Waals surface area contributed by atoms with Crippen molar-refractivity contribution >= 4 is 47.2 Å². The van der Waals surface area contributed by atoms with Gasteiger partial charge in [0.2, 0.25) is 11.8 Å². The smallest absolute Gasteiger partial charge is 0.413 e. The van der Waals surface area contributed by atoms with Crippen LogP contribution in [0.15, 0.2) is 54.6 Å². The van der Waals surface area contributed by atoms with Gasteiger partial charge in [-0.25, -0.2) is 9.59 Å². The van der Waals surface area contributed by atoms with Crippen LogP contribution in [0, 0.1) is 10.1 Å². The van der Waals surface area contributed by atoms with Gasteiger partial charge in [0, 0.05) is 19.1 Å². The number of fused-ring (bicyclic) bond motifs is 1. The highest BCUT2D eigenvalue weighted by molar-refractivity contribution is 8.01. The van der Waals surface area contributed by atoms with Gasteiger partial charge in [0.05, 0.1) is 9.67 Å². The number of nitrogens with one attached hydrogen (secondary N) is 2. The molecule has 0 saturated carbocycles. The number of β-lactam (4-membered cyclic amide) rings is 1. The fourth-order valence-corrected chi connectivity index (χ4v) is 6.02. The first-order valence-electron chi connectivity index (χ1n) is 12.3. The normalized spacial score (nSPS) is 22.5. The van der Waals surface area contributed by atoms with Gasteiger partial charge >= 0.3 is 12.1 Å². The number of hydrogen-bond donors (Lipinski definition) is 2. The number of thioether (sulfide) groups is 1. The maximum absolute atomic E-state index is 13.3. The lowest BCUT2D eigenvalue weighted by atomic mass is 9.95. The molecule has 1 unspecified atom stereocenters. The molecule has 0 spiro atoms. The third kappa shape index (κ3) is 6.74. The molecular formula is C26H26N4O10S. The number of ether oxygens (including phenoxy) is 3. The highest BCUT2D eigenvalue weighted by Gasteiger charge is 2.66. The van der Waals surface area contributed by atoms with Gasteiger partial charge in [0.1, 0.15) is 36.4 Å². The lowest BCUT2D eigenvalue weighted by molar-refractivity contribution is -0.384. The van der Waals surface area contributed by atoms with Gasteiger partial charge in [-0.2, -0.15) is 0 Å². The molecule has 4 rings (SSSR count). The van der Waals surface area contributed by atoms with Gasteiger partial charge in [-0.3, -0.25) is 29.8 Å². The van der Waals surface area contributed by atoms with Crippen molar-refractivity contribution in [3.05, 3.63) is 70.3 Å².